The van der Waals surface area contributed by atoms with Crippen molar-refractivity contribution in [2.75, 3.05) is 0 Å². The van der Waals surface area contributed by atoms with Crippen LogP contribution in [0.5, 0.6) is 0 Å². The van der Waals surface area contributed by atoms with Gasteiger partial charge in [0.2, 0.25) is 0 Å². The molecule has 1 aliphatic carbocycles. The molecule has 0 amide bonds. The summed E-state index contributed by atoms with van der Waals surface area (Å²) in [7, 11) is 0. The number of fused-ring (bicyclic) bond motifs is 1. The van der Waals surface area contributed by atoms with Crippen LogP contribution in [0.1, 0.15) is 24.5 Å². The van der Waals surface area contributed by atoms with E-state index in [1.54, 1.807) is 0 Å². The Morgan fingerprint density at radius 1 is 1.06 bits per heavy atom. The molecular formula is C16H16. The van der Waals surface area contributed by atoms with E-state index in [2.05, 4.69) is 68.1 Å². The largest absolute Gasteiger partial charge is 0.0911 e. The molecule has 0 heteroatoms. The lowest BCUT2D eigenvalue weighted by molar-refractivity contribution is 1.33. The van der Waals surface area contributed by atoms with Gasteiger partial charge in [-0.3, -0.25) is 0 Å². The molecule has 2 rings (SSSR count). The minimum absolute atomic E-state index is 0.983. The molecule has 0 bridgehead atoms. The van der Waals surface area contributed by atoms with Gasteiger partial charge in [-0.2, -0.15) is 0 Å². The third-order valence-corrected chi connectivity index (χ3v) is 2.73. The van der Waals surface area contributed by atoms with Crippen molar-refractivity contribution < 1.29 is 0 Å². The summed E-state index contributed by atoms with van der Waals surface area (Å²) in [5.41, 5.74) is 4.80. The molecule has 0 nitrogen and oxygen atoms in total. The van der Waals surface area contributed by atoms with E-state index >= 15 is 0 Å². The van der Waals surface area contributed by atoms with E-state index < -0.39 is 0 Å². The molecule has 0 atom stereocenters. The second-order valence-corrected chi connectivity index (χ2v) is 4.03. The zero-order chi connectivity index (χ0) is 11.4. The number of hydrogen-bond acceptors (Lipinski definition) is 0. The maximum absolute atomic E-state index is 4.12. The third-order valence-electron chi connectivity index (χ3n) is 2.73. The van der Waals surface area contributed by atoms with E-state index in [1.165, 1.54) is 16.7 Å². The van der Waals surface area contributed by atoms with E-state index in [0.717, 1.165) is 12.0 Å². The summed E-state index contributed by atoms with van der Waals surface area (Å²) in [6, 6.07) is 8.36. The van der Waals surface area contributed by atoms with Crippen molar-refractivity contribution in [2.24, 2.45) is 0 Å². The van der Waals surface area contributed by atoms with Crippen LogP contribution in [0.4, 0.5) is 0 Å². The smallest absolute Gasteiger partial charge is 0.0117 e. The molecule has 16 heavy (non-hydrogen) atoms. The molecule has 0 unspecified atom stereocenters. The minimum Gasteiger partial charge on any atom is -0.0911 e. The van der Waals surface area contributed by atoms with Crippen molar-refractivity contribution in [3.8, 4) is 0 Å². The Morgan fingerprint density at radius 2 is 1.88 bits per heavy atom. The lowest BCUT2D eigenvalue weighted by Gasteiger charge is -2.07. The van der Waals surface area contributed by atoms with E-state index in [1.807, 2.05) is 0 Å². The van der Waals surface area contributed by atoms with Crippen LogP contribution in [-0.4, -0.2) is 0 Å². The summed E-state index contributed by atoms with van der Waals surface area (Å²) in [6.07, 6.45) is 11.8. The maximum Gasteiger partial charge on any atom is -0.0117 e. The van der Waals surface area contributed by atoms with E-state index in [0.29, 0.717) is 0 Å². The molecular weight excluding hydrogens is 192 g/mol. The minimum atomic E-state index is 0.983. The first-order valence-corrected chi connectivity index (χ1v) is 5.57. The van der Waals surface area contributed by atoms with E-state index in [4.69, 9.17) is 0 Å². The molecule has 0 heterocycles. The van der Waals surface area contributed by atoms with Gasteiger partial charge in [0.15, 0.2) is 0 Å². The van der Waals surface area contributed by atoms with Crippen molar-refractivity contribution in [3.63, 3.8) is 0 Å². The fourth-order valence-electron chi connectivity index (χ4n) is 1.77. The Balaban J connectivity index is 2.48. The Bertz CT molecular complexity index is 485. The van der Waals surface area contributed by atoms with Gasteiger partial charge < -0.3 is 0 Å². The molecule has 80 valence electrons. The number of rotatable bonds is 0. The lowest BCUT2D eigenvalue weighted by atomic mass is 9.98. The number of allylic oxidation sites excluding steroid dienone is 6. The summed E-state index contributed by atoms with van der Waals surface area (Å²) in [6.45, 7) is 6.23. The van der Waals surface area contributed by atoms with Crippen LogP contribution in [0.25, 0.3) is 11.6 Å². The van der Waals surface area contributed by atoms with Gasteiger partial charge in [-0.15, -0.1) is 0 Å². The van der Waals surface area contributed by atoms with Crippen molar-refractivity contribution in [1.82, 2.24) is 0 Å². The Kier molecular flexibility index (Phi) is 3.21. The summed E-state index contributed by atoms with van der Waals surface area (Å²) in [4.78, 5) is 0. The second kappa shape index (κ2) is 4.80. The zero-order valence-electron chi connectivity index (χ0n) is 9.61. The van der Waals surface area contributed by atoms with Crippen LogP contribution in [0.3, 0.4) is 0 Å². The molecule has 0 N–H and O–H groups in total. The highest BCUT2D eigenvalue weighted by Gasteiger charge is 2.00. The van der Waals surface area contributed by atoms with Crippen LogP contribution < -0.4 is 0 Å². The van der Waals surface area contributed by atoms with Gasteiger partial charge in [-0.05, 0) is 30.0 Å². The van der Waals surface area contributed by atoms with Crippen LogP contribution >= 0.6 is 0 Å². The summed E-state index contributed by atoms with van der Waals surface area (Å²) < 4.78 is 0. The first kappa shape index (κ1) is 10.7. The van der Waals surface area contributed by atoms with Crippen molar-refractivity contribution in [2.45, 2.75) is 13.3 Å². The zero-order valence-corrected chi connectivity index (χ0v) is 9.61. The molecule has 0 aromatic heterocycles. The average molecular weight is 208 g/mol. The van der Waals surface area contributed by atoms with Gasteiger partial charge in [-0.1, -0.05) is 66.8 Å². The van der Waals surface area contributed by atoms with Crippen molar-refractivity contribution >= 4 is 11.6 Å². The first-order valence-electron chi connectivity index (χ1n) is 5.57. The average Bonchev–Trinajstić information content (AvgIpc) is 2.32. The number of hydrogen-bond donors (Lipinski definition) is 0. The highest BCUT2D eigenvalue weighted by Crippen LogP contribution is 2.21. The quantitative estimate of drug-likeness (QED) is 0.583. The van der Waals surface area contributed by atoms with Gasteiger partial charge in [0.05, 0.1) is 0 Å². The monoisotopic (exact) mass is 208 g/mol. The molecule has 0 spiro atoms. The topological polar surface area (TPSA) is 0 Å². The predicted molar refractivity (Wildman–Crippen MR) is 72.0 cm³/mol. The maximum atomic E-state index is 4.12. The van der Waals surface area contributed by atoms with Gasteiger partial charge in [0, 0.05) is 0 Å². The standard InChI is InChI=1S/C16H16/c1-13-7-3-4-8-15-9-5-6-10-16(15)14(2)12-11-13/h4-12H,2-3H2,1H3/b8-4-,12-11-,13-7-. The van der Waals surface area contributed by atoms with Crippen LogP contribution in [-0.2, 0) is 0 Å². The fourth-order valence-corrected chi connectivity index (χ4v) is 1.77. The van der Waals surface area contributed by atoms with Gasteiger partial charge in [0.1, 0.15) is 0 Å². The molecule has 0 saturated carbocycles. The fraction of sp³-hybridized carbons (Fsp3) is 0.125. The van der Waals surface area contributed by atoms with E-state index in [9.17, 15) is 0 Å². The highest BCUT2D eigenvalue weighted by atomic mass is 14.1. The molecule has 1 aromatic rings. The van der Waals surface area contributed by atoms with Crippen LogP contribution in [0.15, 0.2) is 60.7 Å². The van der Waals surface area contributed by atoms with Gasteiger partial charge in [0.25, 0.3) is 0 Å². The number of benzene rings is 1. The lowest BCUT2D eigenvalue weighted by Crippen LogP contribution is -1.86. The summed E-state index contributed by atoms with van der Waals surface area (Å²) in [5, 5.41) is 0. The molecule has 0 saturated heterocycles. The van der Waals surface area contributed by atoms with Crippen LogP contribution in [0.2, 0.25) is 0 Å². The normalized spacial score (nSPS) is 22.8. The molecule has 1 aromatic carbocycles. The molecule has 1 aliphatic rings. The second-order valence-electron chi connectivity index (χ2n) is 4.03. The van der Waals surface area contributed by atoms with Crippen molar-refractivity contribution in [1.29, 1.82) is 0 Å². The van der Waals surface area contributed by atoms with Crippen molar-refractivity contribution in [3.05, 3.63) is 71.8 Å². The van der Waals surface area contributed by atoms with Crippen LogP contribution in [0, 0.1) is 0 Å². The highest BCUT2D eigenvalue weighted by molar-refractivity contribution is 5.79. The first-order chi connectivity index (χ1) is 7.77. The molecule has 0 aliphatic heterocycles. The summed E-state index contributed by atoms with van der Waals surface area (Å²) in [5.74, 6) is 0. The molecule has 0 fully saturated rings. The third kappa shape index (κ3) is 2.40. The Hall–Kier alpha value is -1.82. The van der Waals surface area contributed by atoms with Gasteiger partial charge in [-0.25, -0.2) is 0 Å². The molecule has 0 radical (unpaired) electrons. The SMILES string of the molecule is C=C1/C=C\C(C)=C/C/C=C\c2ccccc21. The van der Waals surface area contributed by atoms with E-state index in [-0.39, 0.29) is 0 Å². The predicted octanol–water partition coefficient (Wildman–Crippen LogP) is 4.62. The Labute approximate surface area is 97.3 Å². The Morgan fingerprint density at radius 3 is 2.75 bits per heavy atom. The summed E-state index contributed by atoms with van der Waals surface area (Å²) >= 11 is 0. The van der Waals surface area contributed by atoms with Gasteiger partial charge >= 0.3 is 0 Å².